The SMILES string of the molecule is Cn1ncc(C=C(C(=O)O)C(=O)O)cc1=O. The Bertz CT molecular complexity index is 513. The first-order valence-corrected chi connectivity index (χ1v) is 4.13. The molecule has 7 heteroatoms. The van der Waals surface area contributed by atoms with E-state index in [9.17, 15) is 14.4 Å². The van der Waals surface area contributed by atoms with Gasteiger partial charge in [-0.05, 0) is 6.08 Å². The van der Waals surface area contributed by atoms with Gasteiger partial charge in [0.2, 0.25) is 0 Å². The van der Waals surface area contributed by atoms with Crippen molar-refractivity contribution in [2.24, 2.45) is 7.05 Å². The van der Waals surface area contributed by atoms with Crippen LogP contribution in [0.4, 0.5) is 0 Å². The highest BCUT2D eigenvalue weighted by Gasteiger charge is 2.15. The Balaban J connectivity index is 3.24. The van der Waals surface area contributed by atoms with E-state index in [1.54, 1.807) is 0 Å². The Morgan fingerprint density at radius 1 is 1.38 bits per heavy atom. The van der Waals surface area contributed by atoms with Gasteiger partial charge < -0.3 is 10.2 Å². The molecule has 84 valence electrons. The molecule has 0 aliphatic carbocycles. The molecule has 0 fully saturated rings. The summed E-state index contributed by atoms with van der Waals surface area (Å²) in [5.74, 6) is -3.15. The lowest BCUT2D eigenvalue weighted by Gasteiger charge is -1.98. The van der Waals surface area contributed by atoms with Crippen molar-refractivity contribution in [2.45, 2.75) is 0 Å². The van der Waals surface area contributed by atoms with Gasteiger partial charge in [0.1, 0.15) is 5.57 Å². The van der Waals surface area contributed by atoms with Crippen LogP contribution in [0.3, 0.4) is 0 Å². The molecule has 1 rings (SSSR count). The lowest BCUT2D eigenvalue weighted by Crippen LogP contribution is -2.18. The Kier molecular flexibility index (Phi) is 3.19. The second kappa shape index (κ2) is 4.39. The molecule has 0 atom stereocenters. The van der Waals surface area contributed by atoms with Crippen LogP contribution in [0.2, 0.25) is 0 Å². The zero-order chi connectivity index (χ0) is 12.3. The molecule has 2 N–H and O–H groups in total. The maximum Gasteiger partial charge on any atom is 0.343 e. The molecule has 0 unspecified atom stereocenters. The van der Waals surface area contributed by atoms with Gasteiger partial charge >= 0.3 is 11.9 Å². The largest absolute Gasteiger partial charge is 0.477 e. The average molecular weight is 224 g/mol. The molecule has 16 heavy (non-hydrogen) atoms. The van der Waals surface area contributed by atoms with Crippen LogP contribution in [0.15, 0.2) is 22.6 Å². The zero-order valence-electron chi connectivity index (χ0n) is 8.25. The van der Waals surface area contributed by atoms with Crippen molar-refractivity contribution in [3.63, 3.8) is 0 Å². The van der Waals surface area contributed by atoms with E-state index in [0.717, 1.165) is 16.8 Å². The maximum absolute atomic E-state index is 11.1. The molecule has 1 aromatic rings. The molecule has 1 aromatic heterocycles. The van der Waals surface area contributed by atoms with Crippen LogP contribution in [0.1, 0.15) is 5.56 Å². The number of carbonyl (C=O) groups is 2. The standard InChI is InChI=1S/C9H8N2O5/c1-11-7(12)3-5(4-10-11)2-6(8(13)14)9(15)16/h2-4H,1H3,(H,13,14)(H,15,16). The first-order chi connectivity index (χ1) is 7.41. The molecule has 0 saturated heterocycles. The molecule has 0 saturated carbocycles. The third-order valence-electron chi connectivity index (χ3n) is 1.76. The van der Waals surface area contributed by atoms with Crippen molar-refractivity contribution in [1.82, 2.24) is 9.78 Å². The van der Waals surface area contributed by atoms with E-state index < -0.39 is 23.1 Å². The van der Waals surface area contributed by atoms with E-state index in [1.165, 1.54) is 13.2 Å². The number of aryl methyl sites for hydroxylation is 1. The van der Waals surface area contributed by atoms with Gasteiger partial charge in [-0.3, -0.25) is 4.79 Å². The van der Waals surface area contributed by atoms with Gasteiger partial charge in [-0.2, -0.15) is 5.10 Å². The van der Waals surface area contributed by atoms with Crippen molar-refractivity contribution in [3.8, 4) is 0 Å². The molecule has 0 radical (unpaired) electrons. The fourth-order valence-corrected chi connectivity index (χ4v) is 0.944. The van der Waals surface area contributed by atoms with Gasteiger partial charge in [-0.25, -0.2) is 14.3 Å². The van der Waals surface area contributed by atoms with Crippen molar-refractivity contribution in [1.29, 1.82) is 0 Å². The van der Waals surface area contributed by atoms with E-state index in [1.807, 2.05) is 0 Å². The summed E-state index contributed by atoms with van der Waals surface area (Å²) >= 11 is 0. The lowest BCUT2D eigenvalue weighted by atomic mass is 10.2. The second-order valence-corrected chi connectivity index (χ2v) is 2.92. The Morgan fingerprint density at radius 3 is 2.38 bits per heavy atom. The average Bonchev–Trinajstić information content (AvgIpc) is 2.18. The predicted octanol–water partition coefficient (Wildman–Crippen LogP) is -0.667. The van der Waals surface area contributed by atoms with Crippen LogP contribution in [0.25, 0.3) is 6.08 Å². The maximum atomic E-state index is 11.1. The number of rotatable bonds is 3. The minimum Gasteiger partial charge on any atom is -0.477 e. The summed E-state index contributed by atoms with van der Waals surface area (Å²) in [7, 11) is 1.42. The minimum atomic E-state index is -1.58. The highest BCUT2D eigenvalue weighted by Crippen LogP contribution is 2.04. The van der Waals surface area contributed by atoms with Crippen LogP contribution in [0, 0.1) is 0 Å². The molecule has 1 heterocycles. The Morgan fingerprint density at radius 2 is 1.94 bits per heavy atom. The number of aliphatic carboxylic acids is 2. The van der Waals surface area contributed by atoms with Gasteiger partial charge in [-0.1, -0.05) is 0 Å². The summed E-state index contributed by atoms with van der Waals surface area (Å²) in [6.45, 7) is 0. The molecular weight excluding hydrogens is 216 g/mol. The van der Waals surface area contributed by atoms with Crippen molar-refractivity contribution < 1.29 is 19.8 Å². The first kappa shape index (κ1) is 11.6. The van der Waals surface area contributed by atoms with E-state index >= 15 is 0 Å². The normalized spacial score (nSPS) is 9.56. The number of aromatic nitrogens is 2. The fourth-order valence-electron chi connectivity index (χ4n) is 0.944. The molecule has 0 aliphatic heterocycles. The van der Waals surface area contributed by atoms with E-state index in [-0.39, 0.29) is 5.56 Å². The minimum absolute atomic E-state index is 0.128. The third kappa shape index (κ3) is 2.53. The Hall–Kier alpha value is -2.44. The molecular formula is C9H8N2O5. The van der Waals surface area contributed by atoms with Gasteiger partial charge in [0.15, 0.2) is 0 Å². The summed E-state index contributed by atoms with van der Waals surface area (Å²) in [5.41, 5.74) is -1.15. The fraction of sp³-hybridized carbons (Fsp3) is 0.111. The molecule has 0 aromatic carbocycles. The smallest absolute Gasteiger partial charge is 0.343 e. The second-order valence-electron chi connectivity index (χ2n) is 2.92. The van der Waals surface area contributed by atoms with Crippen LogP contribution >= 0.6 is 0 Å². The highest BCUT2D eigenvalue weighted by atomic mass is 16.4. The summed E-state index contributed by atoms with van der Waals surface area (Å²) < 4.78 is 1.04. The van der Waals surface area contributed by atoms with E-state index in [0.29, 0.717) is 0 Å². The number of hydrogen-bond donors (Lipinski definition) is 2. The molecule has 0 spiro atoms. The highest BCUT2D eigenvalue weighted by molar-refractivity contribution is 6.16. The molecule has 7 nitrogen and oxygen atoms in total. The predicted molar refractivity (Wildman–Crippen MR) is 52.7 cm³/mol. The molecule has 0 aliphatic rings. The molecule has 0 amide bonds. The summed E-state index contributed by atoms with van der Waals surface area (Å²) in [6.07, 6.45) is 2.08. The van der Waals surface area contributed by atoms with Crippen molar-refractivity contribution >= 4 is 18.0 Å². The van der Waals surface area contributed by atoms with Gasteiger partial charge in [0.25, 0.3) is 5.56 Å². The van der Waals surface area contributed by atoms with E-state index in [4.69, 9.17) is 10.2 Å². The van der Waals surface area contributed by atoms with Gasteiger partial charge in [-0.15, -0.1) is 0 Å². The molecule has 0 bridgehead atoms. The van der Waals surface area contributed by atoms with E-state index in [2.05, 4.69) is 5.10 Å². The van der Waals surface area contributed by atoms with Gasteiger partial charge in [0, 0.05) is 18.7 Å². The lowest BCUT2D eigenvalue weighted by molar-refractivity contribution is -0.139. The quantitative estimate of drug-likeness (QED) is 0.400. The van der Waals surface area contributed by atoms with Crippen LogP contribution in [-0.4, -0.2) is 31.9 Å². The Labute approximate surface area is 89.3 Å². The summed E-state index contributed by atoms with van der Waals surface area (Å²) in [6, 6.07) is 1.10. The topological polar surface area (TPSA) is 109 Å². The van der Waals surface area contributed by atoms with Crippen LogP contribution in [-0.2, 0) is 16.6 Å². The number of carboxylic acids is 2. The number of nitrogens with zero attached hydrogens (tertiary/aromatic N) is 2. The van der Waals surface area contributed by atoms with Crippen molar-refractivity contribution in [3.05, 3.63) is 33.8 Å². The monoisotopic (exact) mass is 224 g/mol. The van der Waals surface area contributed by atoms with Crippen LogP contribution < -0.4 is 5.56 Å². The summed E-state index contributed by atoms with van der Waals surface area (Å²) in [5, 5.41) is 20.8. The first-order valence-electron chi connectivity index (χ1n) is 4.13. The zero-order valence-corrected chi connectivity index (χ0v) is 8.25. The number of carboxylic acid groups (broad SMARTS) is 2. The van der Waals surface area contributed by atoms with Crippen LogP contribution in [0.5, 0.6) is 0 Å². The van der Waals surface area contributed by atoms with Crippen molar-refractivity contribution in [2.75, 3.05) is 0 Å². The summed E-state index contributed by atoms with van der Waals surface area (Å²) in [4.78, 5) is 32.2. The third-order valence-corrected chi connectivity index (χ3v) is 1.76. The number of hydrogen-bond acceptors (Lipinski definition) is 4. The van der Waals surface area contributed by atoms with Gasteiger partial charge in [0.05, 0.1) is 6.20 Å².